The molecular weight excluding hydrogens is 320 g/mol. The van der Waals surface area contributed by atoms with Crippen molar-refractivity contribution in [2.45, 2.75) is 19.0 Å². The van der Waals surface area contributed by atoms with Crippen LogP contribution in [0.4, 0.5) is 4.79 Å². The maximum absolute atomic E-state index is 12.8. The van der Waals surface area contributed by atoms with Crippen LogP contribution in [0.5, 0.6) is 0 Å². The molecule has 1 atom stereocenters. The van der Waals surface area contributed by atoms with Crippen LogP contribution in [0.3, 0.4) is 0 Å². The van der Waals surface area contributed by atoms with E-state index in [1.807, 2.05) is 47.4 Å². The van der Waals surface area contributed by atoms with Gasteiger partial charge in [-0.2, -0.15) is 0 Å². The summed E-state index contributed by atoms with van der Waals surface area (Å²) in [5, 5.41) is 3.06. The Bertz CT molecular complexity index is 877. The average Bonchev–Trinajstić information content (AvgIpc) is 2.72. The molecule has 1 heterocycles. The molecule has 0 spiro atoms. The summed E-state index contributed by atoms with van der Waals surface area (Å²) in [6, 6.07) is 28.9. The topological polar surface area (TPSA) is 32.3 Å². The minimum atomic E-state index is -0.00992. The molecule has 130 valence electrons. The molecule has 26 heavy (non-hydrogen) atoms. The Morgan fingerprint density at radius 3 is 2.31 bits per heavy atom. The molecule has 0 bridgehead atoms. The molecule has 3 aromatic carbocycles. The predicted molar refractivity (Wildman–Crippen MR) is 104 cm³/mol. The van der Waals surface area contributed by atoms with E-state index in [0.717, 1.165) is 5.56 Å². The van der Waals surface area contributed by atoms with E-state index in [1.54, 1.807) is 0 Å². The van der Waals surface area contributed by atoms with Gasteiger partial charge in [-0.1, -0.05) is 84.9 Å². The third kappa shape index (κ3) is 3.47. The van der Waals surface area contributed by atoms with E-state index >= 15 is 0 Å². The van der Waals surface area contributed by atoms with Crippen LogP contribution in [0, 0.1) is 0 Å². The van der Waals surface area contributed by atoms with Gasteiger partial charge in [-0.05, 0) is 22.3 Å². The molecule has 2 amide bonds. The van der Waals surface area contributed by atoms with Crippen molar-refractivity contribution in [3.05, 3.63) is 107 Å². The number of nitrogens with zero attached hydrogens (tertiary/aromatic N) is 1. The van der Waals surface area contributed by atoms with Gasteiger partial charge in [0.2, 0.25) is 0 Å². The molecule has 1 N–H and O–H groups in total. The van der Waals surface area contributed by atoms with E-state index in [-0.39, 0.29) is 11.9 Å². The number of hydrogen-bond donors (Lipinski definition) is 1. The molecule has 3 aromatic rings. The lowest BCUT2D eigenvalue weighted by Crippen LogP contribution is -2.44. The van der Waals surface area contributed by atoms with E-state index in [0.29, 0.717) is 19.6 Å². The van der Waals surface area contributed by atoms with Crippen LogP contribution in [0.2, 0.25) is 0 Å². The summed E-state index contributed by atoms with van der Waals surface area (Å²) in [6.45, 7) is 1.90. The van der Waals surface area contributed by atoms with Gasteiger partial charge in [-0.25, -0.2) is 4.79 Å². The van der Waals surface area contributed by atoms with Crippen molar-refractivity contribution in [3.8, 4) is 0 Å². The van der Waals surface area contributed by atoms with Crippen molar-refractivity contribution < 1.29 is 4.79 Å². The minimum Gasteiger partial charge on any atom is -0.334 e. The molecule has 3 heteroatoms. The second kappa shape index (κ2) is 7.44. The lowest BCUT2D eigenvalue weighted by Gasteiger charge is -2.35. The van der Waals surface area contributed by atoms with Gasteiger partial charge >= 0.3 is 6.03 Å². The summed E-state index contributed by atoms with van der Waals surface area (Å²) in [4.78, 5) is 14.7. The smallest absolute Gasteiger partial charge is 0.317 e. The fourth-order valence-electron chi connectivity index (χ4n) is 3.62. The zero-order valence-corrected chi connectivity index (χ0v) is 14.6. The molecule has 0 saturated carbocycles. The van der Waals surface area contributed by atoms with Crippen molar-refractivity contribution in [2.75, 3.05) is 6.54 Å². The molecule has 3 nitrogen and oxygen atoms in total. The third-order valence-corrected chi connectivity index (χ3v) is 4.97. The van der Waals surface area contributed by atoms with Gasteiger partial charge in [-0.15, -0.1) is 0 Å². The summed E-state index contributed by atoms with van der Waals surface area (Å²) in [7, 11) is 0. The molecule has 0 aliphatic carbocycles. The number of carbonyl (C=O) groups excluding carboxylic acids is 1. The quantitative estimate of drug-likeness (QED) is 0.744. The maximum Gasteiger partial charge on any atom is 0.317 e. The normalized spacial score (nSPS) is 16.0. The first kappa shape index (κ1) is 16.4. The maximum atomic E-state index is 12.8. The number of rotatable bonds is 3. The first-order valence-corrected chi connectivity index (χ1v) is 9.01. The minimum absolute atomic E-state index is 0.00992. The van der Waals surface area contributed by atoms with Crippen LogP contribution in [-0.2, 0) is 13.1 Å². The first-order valence-electron chi connectivity index (χ1n) is 9.01. The Kier molecular flexibility index (Phi) is 4.69. The third-order valence-electron chi connectivity index (χ3n) is 4.97. The molecule has 0 fully saturated rings. The number of benzene rings is 3. The van der Waals surface area contributed by atoms with E-state index in [4.69, 9.17) is 0 Å². The summed E-state index contributed by atoms with van der Waals surface area (Å²) in [5.74, 6) is 0.212. The van der Waals surface area contributed by atoms with E-state index in [9.17, 15) is 4.79 Å². The molecule has 0 radical (unpaired) electrons. The summed E-state index contributed by atoms with van der Waals surface area (Å²) < 4.78 is 0. The highest BCUT2D eigenvalue weighted by molar-refractivity contribution is 5.75. The number of urea groups is 1. The lowest BCUT2D eigenvalue weighted by atomic mass is 9.85. The fraction of sp³-hybridized carbons (Fsp3) is 0.174. The fourth-order valence-corrected chi connectivity index (χ4v) is 3.62. The zero-order valence-electron chi connectivity index (χ0n) is 14.6. The highest BCUT2D eigenvalue weighted by atomic mass is 16.2. The van der Waals surface area contributed by atoms with Crippen LogP contribution in [0.15, 0.2) is 84.9 Å². The van der Waals surface area contributed by atoms with Crippen LogP contribution >= 0.6 is 0 Å². The number of nitrogens with one attached hydrogen (secondary N) is 1. The van der Waals surface area contributed by atoms with E-state index < -0.39 is 0 Å². The van der Waals surface area contributed by atoms with Gasteiger partial charge in [0.1, 0.15) is 0 Å². The standard InChI is InChI=1S/C23H22N2O/c26-23(24-15-18-9-3-1-4-10-18)25-16-20-13-7-8-14-21(20)22(17-25)19-11-5-2-6-12-19/h1-14,22H,15-17H2,(H,24,26). The molecule has 4 rings (SSSR count). The van der Waals surface area contributed by atoms with Crippen molar-refractivity contribution in [2.24, 2.45) is 0 Å². The van der Waals surface area contributed by atoms with Crippen molar-refractivity contribution in [1.29, 1.82) is 0 Å². The Hall–Kier alpha value is -3.07. The van der Waals surface area contributed by atoms with Gasteiger partial charge in [0, 0.05) is 25.6 Å². The molecular formula is C23H22N2O. The first-order chi connectivity index (χ1) is 12.8. The predicted octanol–water partition coefficient (Wildman–Crippen LogP) is 4.54. The second-order valence-electron chi connectivity index (χ2n) is 6.69. The van der Waals surface area contributed by atoms with Gasteiger partial charge < -0.3 is 10.2 Å². The number of amides is 2. The summed E-state index contributed by atoms with van der Waals surface area (Å²) in [5.41, 5.74) is 4.91. The molecule has 1 aliphatic rings. The highest BCUT2D eigenvalue weighted by Gasteiger charge is 2.28. The van der Waals surface area contributed by atoms with Crippen molar-refractivity contribution in [1.82, 2.24) is 10.2 Å². The SMILES string of the molecule is O=C(NCc1ccccc1)N1Cc2ccccc2C(c2ccccc2)C1. The molecule has 0 saturated heterocycles. The Balaban J connectivity index is 1.54. The van der Waals surface area contributed by atoms with Crippen molar-refractivity contribution >= 4 is 6.03 Å². The summed E-state index contributed by atoms with van der Waals surface area (Å²) in [6.07, 6.45) is 0. The van der Waals surface area contributed by atoms with Crippen LogP contribution < -0.4 is 5.32 Å². The van der Waals surface area contributed by atoms with Crippen LogP contribution in [-0.4, -0.2) is 17.5 Å². The van der Waals surface area contributed by atoms with Crippen LogP contribution in [0.1, 0.15) is 28.2 Å². The van der Waals surface area contributed by atoms with E-state index in [1.165, 1.54) is 16.7 Å². The van der Waals surface area contributed by atoms with Crippen LogP contribution in [0.25, 0.3) is 0 Å². The van der Waals surface area contributed by atoms with Crippen molar-refractivity contribution in [3.63, 3.8) is 0 Å². The molecule has 1 aliphatic heterocycles. The Morgan fingerprint density at radius 1 is 0.885 bits per heavy atom. The van der Waals surface area contributed by atoms with E-state index in [2.05, 4.69) is 47.8 Å². The van der Waals surface area contributed by atoms with Gasteiger partial charge in [0.25, 0.3) is 0 Å². The summed E-state index contributed by atoms with van der Waals surface area (Å²) >= 11 is 0. The Labute approximate surface area is 154 Å². The van der Waals surface area contributed by atoms with Gasteiger partial charge in [-0.3, -0.25) is 0 Å². The number of carbonyl (C=O) groups is 1. The number of fused-ring (bicyclic) bond motifs is 1. The molecule has 0 aromatic heterocycles. The second-order valence-corrected chi connectivity index (χ2v) is 6.69. The highest BCUT2D eigenvalue weighted by Crippen LogP contribution is 2.33. The Morgan fingerprint density at radius 2 is 1.54 bits per heavy atom. The molecule has 1 unspecified atom stereocenters. The zero-order chi connectivity index (χ0) is 17.8. The average molecular weight is 342 g/mol. The lowest BCUT2D eigenvalue weighted by molar-refractivity contribution is 0.188. The number of hydrogen-bond acceptors (Lipinski definition) is 1. The van der Waals surface area contributed by atoms with Gasteiger partial charge in [0.15, 0.2) is 0 Å². The van der Waals surface area contributed by atoms with Gasteiger partial charge in [0.05, 0.1) is 0 Å². The monoisotopic (exact) mass is 342 g/mol. The largest absolute Gasteiger partial charge is 0.334 e.